The predicted octanol–water partition coefficient (Wildman–Crippen LogP) is 2.41. The van der Waals surface area contributed by atoms with E-state index >= 15 is 0 Å². The lowest BCUT2D eigenvalue weighted by atomic mass is 10.3. The van der Waals surface area contributed by atoms with Crippen molar-refractivity contribution in [2.75, 3.05) is 13.1 Å². The van der Waals surface area contributed by atoms with E-state index in [2.05, 4.69) is 23.6 Å². The van der Waals surface area contributed by atoms with Crippen molar-refractivity contribution >= 4 is 5.91 Å². The Hall–Kier alpha value is -1.29. The normalized spacial score (nSPS) is 21.4. The molecule has 1 aromatic heterocycles. The Kier molecular flexibility index (Phi) is 5.02. The predicted molar refractivity (Wildman–Crippen MR) is 74.9 cm³/mol. The molecule has 0 bridgehead atoms. The highest BCUT2D eigenvalue weighted by Crippen LogP contribution is 2.47. The summed E-state index contributed by atoms with van der Waals surface area (Å²) in [5.41, 5.74) is 0. The van der Waals surface area contributed by atoms with Gasteiger partial charge in [0.15, 0.2) is 0 Å². The second kappa shape index (κ2) is 6.75. The molecule has 2 N–H and O–H groups in total. The number of carbonyl (C=O) groups is 1. The number of amides is 1. The number of carbonyl (C=O) groups excluding carboxylic acids is 1. The van der Waals surface area contributed by atoms with Crippen molar-refractivity contribution < 1.29 is 9.21 Å². The number of rotatable bonds is 8. The summed E-state index contributed by atoms with van der Waals surface area (Å²) in [4.78, 5) is 11.4. The van der Waals surface area contributed by atoms with Gasteiger partial charge >= 0.3 is 0 Å². The smallest absolute Gasteiger partial charge is 0.221 e. The van der Waals surface area contributed by atoms with E-state index in [1.165, 1.54) is 6.42 Å². The van der Waals surface area contributed by atoms with Crippen LogP contribution in [-0.4, -0.2) is 19.0 Å². The zero-order chi connectivity index (χ0) is 13.7. The molecule has 1 aliphatic carbocycles. The Morgan fingerprint density at radius 1 is 1.42 bits per heavy atom. The van der Waals surface area contributed by atoms with Gasteiger partial charge < -0.3 is 15.1 Å². The zero-order valence-electron chi connectivity index (χ0n) is 11.9. The third-order valence-electron chi connectivity index (χ3n) is 3.56. The Morgan fingerprint density at radius 2 is 2.21 bits per heavy atom. The van der Waals surface area contributed by atoms with Crippen LogP contribution in [-0.2, 0) is 11.3 Å². The van der Waals surface area contributed by atoms with E-state index < -0.39 is 0 Å². The van der Waals surface area contributed by atoms with E-state index in [1.54, 1.807) is 0 Å². The average Bonchev–Trinajstić information content (AvgIpc) is 2.95. The van der Waals surface area contributed by atoms with Crippen molar-refractivity contribution in [3.63, 3.8) is 0 Å². The quantitative estimate of drug-likeness (QED) is 0.709. The first-order valence-corrected chi connectivity index (χ1v) is 7.26. The molecule has 4 nitrogen and oxygen atoms in total. The molecule has 1 aliphatic rings. The zero-order valence-corrected chi connectivity index (χ0v) is 11.9. The third kappa shape index (κ3) is 4.39. The van der Waals surface area contributed by atoms with E-state index in [-0.39, 0.29) is 5.91 Å². The molecule has 0 aromatic carbocycles. The lowest BCUT2D eigenvalue weighted by molar-refractivity contribution is -0.120. The fraction of sp³-hybridized carbons (Fsp3) is 0.667. The van der Waals surface area contributed by atoms with Crippen molar-refractivity contribution in [2.24, 2.45) is 5.92 Å². The number of hydrogen-bond acceptors (Lipinski definition) is 3. The maximum atomic E-state index is 11.4. The monoisotopic (exact) mass is 264 g/mol. The van der Waals surface area contributed by atoms with E-state index in [0.29, 0.717) is 25.4 Å². The van der Waals surface area contributed by atoms with Gasteiger partial charge in [0.2, 0.25) is 5.91 Å². The molecule has 0 spiro atoms. The number of hydrogen-bond donors (Lipinski definition) is 2. The van der Waals surface area contributed by atoms with E-state index in [4.69, 9.17) is 4.42 Å². The van der Waals surface area contributed by atoms with Gasteiger partial charge in [-0.3, -0.25) is 4.79 Å². The van der Waals surface area contributed by atoms with Crippen molar-refractivity contribution in [1.82, 2.24) is 10.6 Å². The first-order chi connectivity index (χ1) is 9.20. The summed E-state index contributed by atoms with van der Waals surface area (Å²) in [5, 5.41) is 6.10. The number of nitrogens with one attached hydrogen (secondary N) is 2. The van der Waals surface area contributed by atoms with Crippen molar-refractivity contribution in [2.45, 2.75) is 45.6 Å². The SMILES string of the molecule is CCCNC(=O)CCNCc1ccc(C2CC2C)o1. The van der Waals surface area contributed by atoms with Crippen LogP contribution in [0, 0.1) is 5.92 Å². The molecule has 4 heteroatoms. The van der Waals surface area contributed by atoms with Gasteiger partial charge in [0.05, 0.1) is 6.54 Å². The highest BCUT2D eigenvalue weighted by atomic mass is 16.3. The molecular formula is C15H24N2O2. The van der Waals surface area contributed by atoms with Crippen LogP contribution in [0.5, 0.6) is 0 Å². The van der Waals surface area contributed by atoms with E-state index in [0.717, 1.165) is 30.4 Å². The van der Waals surface area contributed by atoms with Gasteiger partial charge in [-0.1, -0.05) is 13.8 Å². The van der Waals surface area contributed by atoms with Crippen LogP contribution >= 0.6 is 0 Å². The molecule has 0 radical (unpaired) electrons. The topological polar surface area (TPSA) is 54.3 Å². The number of furan rings is 1. The standard InChI is InChI=1S/C15H24N2O2/c1-3-7-17-15(18)6-8-16-10-12-4-5-14(19-12)13-9-11(13)2/h4-5,11,13,16H,3,6-10H2,1-2H3,(H,17,18). The highest BCUT2D eigenvalue weighted by molar-refractivity contribution is 5.75. The molecule has 2 rings (SSSR count). The van der Waals surface area contributed by atoms with Gasteiger partial charge in [0.1, 0.15) is 11.5 Å². The van der Waals surface area contributed by atoms with Crippen molar-refractivity contribution in [3.05, 3.63) is 23.7 Å². The summed E-state index contributed by atoms with van der Waals surface area (Å²) in [6.07, 6.45) is 2.75. The first kappa shape index (κ1) is 14.1. The Balaban J connectivity index is 1.60. The molecule has 1 saturated carbocycles. The Bertz CT molecular complexity index is 414. The van der Waals surface area contributed by atoms with Crippen LogP contribution in [0.15, 0.2) is 16.5 Å². The van der Waals surface area contributed by atoms with Crippen molar-refractivity contribution in [3.8, 4) is 0 Å². The maximum absolute atomic E-state index is 11.4. The molecule has 0 saturated heterocycles. The first-order valence-electron chi connectivity index (χ1n) is 7.26. The molecular weight excluding hydrogens is 240 g/mol. The van der Waals surface area contributed by atoms with Gasteiger partial charge in [-0.05, 0) is 30.9 Å². The van der Waals surface area contributed by atoms with Gasteiger partial charge in [-0.2, -0.15) is 0 Å². The van der Waals surface area contributed by atoms with Crippen LogP contribution in [0.25, 0.3) is 0 Å². The third-order valence-corrected chi connectivity index (χ3v) is 3.56. The summed E-state index contributed by atoms with van der Waals surface area (Å²) in [6, 6.07) is 4.11. The summed E-state index contributed by atoms with van der Waals surface area (Å²) in [6.45, 7) is 6.45. The van der Waals surface area contributed by atoms with Gasteiger partial charge in [0.25, 0.3) is 0 Å². The minimum Gasteiger partial charge on any atom is -0.464 e. The van der Waals surface area contributed by atoms with Gasteiger partial charge in [-0.25, -0.2) is 0 Å². The van der Waals surface area contributed by atoms with Gasteiger partial charge in [-0.15, -0.1) is 0 Å². The molecule has 1 fully saturated rings. The fourth-order valence-corrected chi connectivity index (χ4v) is 2.17. The van der Waals surface area contributed by atoms with E-state index in [1.807, 2.05) is 13.0 Å². The van der Waals surface area contributed by atoms with Crippen LogP contribution in [0.3, 0.4) is 0 Å². The van der Waals surface area contributed by atoms with E-state index in [9.17, 15) is 4.79 Å². The summed E-state index contributed by atoms with van der Waals surface area (Å²) in [7, 11) is 0. The highest BCUT2D eigenvalue weighted by Gasteiger charge is 2.36. The minimum atomic E-state index is 0.112. The largest absolute Gasteiger partial charge is 0.464 e. The maximum Gasteiger partial charge on any atom is 0.221 e. The summed E-state index contributed by atoms with van der Waals surface area (Å²) >= 11 is 0. The van der Waals surface area contributed by atoms with Crippen LogP contribution in [0.4, 0.5) is 0 Å². The lowest BCUT2D eigenvalue weighted by Crippen LogP contribution is -2.27. The molecule has 19 heavy (non-hydrogen) atoms. The molecule has 1 heterocycles. The van der Waals surface area contributed by atoms with Crippen LogP contribution in [0.2, 0.25) is 0 Å². The summed E-state index contributed by atoms with van der Waals surface area (Å²) in [5.74, 6) is 3.59. The molecule has 2 atom stereocenters. The van der Waals surface area contributed by atoms with Gasteiger partial charge in [0, 0.05) is 25.4 Å². The van der Waals surface area contributed by atoms with Crippen molar-refractivity contribution in [1.29, 1.82) is 0 Å². The average molecular weight is 264 g/mol. The Labute approximate surface area is 114 Å². The molecule has 1 amide bonds. The summed E-state index contributed by atoms with van der Waals surface area (Å²) < 4.78 is 5.79. The van der Waals surface area contributed by atoms with Crippen LogP contribution < -0.4 is 10.6 Å². The second-order valence-electron chi connectivity index (χ2n) is 5.40. The lowest BCUT2D eigenvalue weighted by Gasteiger charge is -2.04. The molecule has 0 aliphatic heterocycles. The van der Waals surface area contributed by atoms with Crippen LogP contribution in [0.1, 0.15) is 50.5 Å². The minimum absolute atomic E-state index is 0.112. The molecule has 106 valence electrons. The molecule has 1 aromatic rings. The Morgan fingerprint density at radius 3 is 2.89 bits per heavy atom. The fourth-order valence-electron chi connectivity index (χ4n) is 2.17. The molecule has 2 unspecified atom stereocenters. The second-order valence-corrected chi connectivity index (χ2v) is 5.40.